The highest BCUT2D eigenvalue weighted by molar-refractivity contribution is 7.89. The molecule has 7 heteroatoms. The van der Waals surface area contributed by atoms with Gasteiger partial charge in [-0.3, -0.25) is 4.79 Å². The fourth-order valence-electron chi connectivity index (χ4n) is 2.09. The van der Waals surface area contributed by atoms with Crippen LogP contribution in [0.25, 0.3) is 0 Å². The van der Waals surface area contributed by atoms with Gasteiger partial charge >= 0.3 is 0 Å². The van der Waals surface area contributed by atoms with Gasteiger partial charge in [-0.05, 0) is 18.9 Å². The van der Waals surface area contributed by atoms with Crippen LogP contribution in [0.15, 0.2) is 28.0 Å². The Balaban J connectivity index is 2.08. The van der Waals surface area contributed by atoms with Crippen molar-refractivity contribution >= 4 is 10.0 Å². The van der Waals surface area contributed by atoms with E-state index in [2.05, 4.69) is 9.71 Å². The molecule has 0 bridgehead atoms. The number of sulfonamides is 1. The van der Waals surface area contributed by atoms with E-state index in [-0.39, 0.29) is 17.0 Å². The maximum absolute atomic E-state index is 11.9. The predicted molar refractivity (Wildman–Crippen MR) is 65.7 cm³/mol. The second-order valence-corrected chi connectivity index (χ2v) is 6.41. The van der Waals surface area contributed by atoms with Crippen molar-refractivity contribution in [1.29, 1.82) is 0 Å². The van der Waals surface area contributed by atoms with Gasteiger partial charge in [0.2, 0.25) is 15.6 Å². The number of hydrogen-bond donors (Lipinski definition) is 3. The minimum absolute atomic E-state index is 0.00839. The number of aromatic amines is 1. The van der Waals surface area contributed by atoms with Gasteiger partial charge < -0.3 is 10.1 Å². The zero-order chi connectivity index (χ0) is 13.2. The van der Waals surface area contributed by atoms with Crippen LogP contribution in [-0.4, -0.2) is 30.7 Å². The Morgan fingerprint density at radius 2 is 2.00 bits per heavy atom. The van der Waals surface area contributed by atoms with E-state index >= 15 is 0 Å². The van der Waals surface area contributed by atoms with Gasteiger partial charge in [-0.1, -0.05) is 12.8 Å². The second-order valence-electron chi connectivity index (χ2n) is 4.64. The maximum Gasteiger partial charge on any atom is 0.247 e. The third-order valence-corrected chi connectivity index (χ3v) is 4.59. The molecule has 0 radical (unpaired) electrons. The molecule has 0 saturated heterocycles. The molecule has 6 nitrogen and oxygen atoms in total. The van der Waals surface area contributed by atoms with Crippen LogP contribution in [0.3, 0.4) is 0 Å². The Morgan fingerprint density at radius 1 is 1.33 bits per heavy atom. The molecule has 0 aliphatic heterocycles. The largest absolute Gasteiger partial charge is 0.389 e. The lowest BCUT2D eigenvalue weighted by atomic mass is 10.0. The van der Waals surface area contributed by atoms with E-state index in [1.165, 1.54) is 6.07 Å². The van der Waals surface area contributed by atoms with Gasteiger partial charge in [0.05, 0.1) is 10.5 Å². The van der Waals surface area contributed by atoms with Gasteiger partial charge in [0.25, 0.3) is 0 Å². The first kappa shape index (κ1) is 13.3. The van der Waals surface area contributed by atoms with Crippen molar-refractivity contribution in [3.05, 3.63) is 28.7 Å². The predicted octanol–water partition coefficient (Wildman–Crippen LogP) is -0.0417. The molecular formula is C11H16N2O4S. The molecule has 1 aromatic heterocycles. The normalized spacial score (nSPS) is 18.9. The van der Waals surface area contributed by atoms with Gasteiger partial charge in [0, 0.05) is 18.8 Å². The molecule has 18 heavy (non-hydrogen) atoms. The number of pyridine rings is 1. The average Bonchev–Trinajstić information content (AvgIpc) is 2.75. The van der Waals surface area contributed by atoms with E-state index in [1.54, 1.807) is 0 Å². The third kappa shape index (κ3) is 2.98. The van der Waals surface area contributed by atoms with Gasteiger partial charge in [-0.25, -0.2) is 13.1 Å². The summed E-state index contributed by atoms with van der Waals surface area (Å²) < 4.78 is 26.2. The molecule has 2 rings (SSSR count). The van der Waals surface area contributed by atoms with E-state index in [9.17, 15) is 18.3 Å². The van der Waals surface area contributed by atoms with E-state index < -0.39 is 15.6 Å². The summed E-state index contributed by atoms with van der Waals surface area (Å²) in [7, 11) is -3.68. The highest BCUT2D eigenvalue weighted by atomic mass is 32.2. The van der Waals surface area contributed by atoms with Gasteiger partial charge in [0.15, 0.2) is 0 Å². The summed E-state index contributed by atoms with van der Waals surface area (Å²) in [6.45, 7) is 0.00839. The quantitative estimate of drug-likeness (QED) is 0.716. The fraction of sp³-hybridized carbons (Fsp3) is 0.545. The minimum atomic E-state index is -3.68. The maximum atomic E-state index is 11.9. The molecule has 0 aromatic carbocycles. The lowest BCUT2D eigenvalue weighted by molar-refractivity contribution is 0.0532. The lowest BCUT2D eigenvalue weighted by Crippen LogP contribution is -2.40. The number of H-pyrrole nitrogens is 1. The molecule has 1 aliphatic carbocycles. The molecular weight excluding hydrogens is 256 g/mol. The number of nitrogens with one attached hydrogen (secondary N) is 2. The first-order valence-electron chi connectivity index (χ1n) is 5.82. The molecule has 1 saturated carbocycles. The van der Waals surface area contributed by atoms with Crippen LogP contribution >= 0.6 is 0 Å². The second kappa shape index (κ2) is 4.83. The van der Waals surface area contributed by atoms with E-state index in [1.807, 2.05) is 0 Å². The van der Waals surface area contributed by atoms with E-state index in [0.29, 0.717) is 12.8 Å². The number of rotatable bonds is 4. The van der Waals surface area contributed by atoms with Crippen molar-refractivity contribution in [2.45, 2.75) is 36.2 Å². The summed E-state index contributed by atoms with van der Waals surface area (Å²) in [5.41, 5.74) is -1.29. The molecule has 1 aliphatic rings. The topological polar surface area (TPSA) is 99.3 Å². The zero-order valence-corrected chi connectivity index (χ0v) is 10.7. The van der Waals surface area contributed by atoms with Gasteiger partial charge in [-0.15, -0.1) is 0 Å². The van der Waals surface area contributed by atoms with E-state index in [0.717, 1.165) is 25.1 Å². The summed E-state index contributed by atoms with van der Waals surface area (Å²) >= 11 is 0. The summed E-state index contributed by atoms with van der Waals surface area (Å²) in [5, 5.41) is 10.1. The Hall–Kier alpha value is -1.18. The van der Waals surface area contributed by atoms with Crippen LogP contribution in [0.4, 0.5) is 0 Å². The van der Waals surface area contributed by atoms with Gasteiger partial charge in [0.1, 0.15) is 0 Å². The van der Waals surface area contributed by atoms with Crippen LogP contribution < -0.4 is 10.3 Å². The van der Waals surface area contributed by atoms with Crippen molar-refractivity contribution in [3.63, 3.8) is 0 Å². The first-order valence-corrected chi connectivity index (χ1v) is 7.30. The van der Waals surface area contributed by atoms with Crippen molar-refractivity contribution in [1.82, 2.24) is 9.71 Å². The van der Waals surface area contributed by atoms with Crippen molar-refractivity contribution in [2.24, 2.45) is 0 Å². The summed E-state index contributed by atoms with van der Waals surface area (Å²) in [4.78, 5) is 13.2. The van der Waals surface area contributed by atoms with Gasteiger partial charge in [-0.2, -0.15) is 0 Å². The zero-order valence-electron chi connectivity index (χ0n) is 9.85. The molecule has 1 aromatic rings. The van der Waals surface area contributed by atoms with Crippen molar-refractivity contribution in [3.8, 4) is 0 Å². The minimum Gasteiger partial charge on any atom is -0.389 e. The van der Waals surface area contributed by atoms with Crippen molar-refractivity contribution in [2.75, 3.05) is 6.54 Å². The summed E-state index contributed by atoms with van der Waals surface area (Å²) in [6.07, 6.45) is 4.19. The van der Waals surface area contributed by atoms with Crippen molar-refractivity contribution < 1.29 is 13.5 Å². The third-order valence-electron chi connectivity index (χ3n) is 3.19. The van der Waals surface area contributed by atoms with Crippen LogP contribution in [0, 0.1) is 0 Å². The first-order chi connectivity index (χ1) is 8.41. The number of aliphatic hydroxyl groups is 1. The molecule has 1 fully saturated rings. The Kier molecular flexibility index (Phi) is 3.56. The smallest absolute Gasteiger partial charge is 0.247 e. The fourth-order valence-corrected chi connectivity index (χ4v) is 3.17. The molecule has 3 N–H and O–H groups in total. The summed E-state index contributed by atoms with van der Waals surface area (Å²) in [5.74, 6) is 0. The highest BCUT2D eigenvalue weighted by Gasteiger charge is 2.32. The molecule has 1 heterocycles. The Bertz CT molecular complexity index is 552. The Morgan fingerprint density at radius 3 is 2.56 bits per heavy atom. The summed E-state index contributed by atoms with van der Waals surface area (Å²) in [6, 6.07) is 2.39. The standard InChI is InChI=1S/C11H16N2O4S/c14-10-4-3-9(7-12-10)18(16,17)13-8-11(15)5-1-2-6-11/h3-4,7,13,15H,1-2,5-6,8H2,(H,12,14). The molecule has 0 unspecified atom stereocenters. The Labute approximate surface area is 105 Å². The monoisotopic (exact) mass is 272 g/mol. The highest BCUT2D eigenvalue weighted by Crippen LogP contribution is 2.28. The molecule has 0 spiro atoms. The molecule has 0 atom stereocenters. The van der Waals surface area contributed by atoms with Crippen LogP contribution in [0.2, 0.25) is 0 Å². The molecule has 0 amide bonds. The molecule has 100 valence electrons. The van der Waals surface area contributed by atoms with Crippen LogP contribution in [-0.2, 0) is 10.0 Å². The van der Waals surface area contributed by atoms with Crippen LogP contribution in [0.5, 0.6) is 0 Å². The van der Waals surface area contributed by atoms with Crippen LogP contribution in [0.1, 0.15) is 25.7 Å². The van der Waals surface area contributed by atoms with E-state index in [4.69, 9.17) is 0 Å². The number of aromatic nitrogens is 1. The SMILES string of the molecule is O=c1ccc(S(=O)(=O)NCC2(O)CCCC2)c[nH]1. The average molecular weight is 272 g/mol. The number of hydrogen-bond acceptors (Lipinski definition) is 4. The lowest BCUT2D eigenvalue weighted by Gasteiger charge is -2.22.